The Labute approximate surface area is 278 Å². The third-order valence-electron chi connectivity index (χ3n) is 6.41. The number of para-hydroxylation sites is 2. The molecule has 8 heteroatoms. The maximum absolute atomic E-state index is 13.7. The molecule has 2 rings (SSSR count). The molecule has 0 saturated heterocycles. The second-order valence-electron chi connectivity index (χ2n) is 10.4. The molecule has 0 fully saturated rings. The van der Waals surface area contributed by atoms with Crippen LogP contribution < -0.4 is 5.32 Å². The Bertz CT molecular complexity index is 1260. The first-order valence-corrected chi connectivity index (χ1v) is 16.1. The van der Waals surface area contributed by atoms with Gasteiger partial charge in [0, 0.05) is 32.8 Å². The first-order chi connectivity index (χ1) is 21.6. The number of aryl methyl sites for hydroxylation is 1. The average molecular weight is 641 g/mol. The van der Waals surface area contributed by atoms with Crippen molar-refractivity contribution < 1.29 is 14.3 Å². The first kappa shape index (κ1) is 41.6. The molecule has 0 atom stereocenters. The van der Waals surface area contributed by atoms with Crippen LogP contribution in [0.2, 0.25) is 0 Å². The van der Waals surface area contributed by atoms with E-state index in [9.17, 15) is 4.79 Å². The quantitative estimate of drug-likeness (QED) is 0.0581. The van der Waals surface area contributed by atoms with Gasteiger partial charge >= 0.3 is 0 Å². The molecular formula is C37H57ClN4O3. The molecule has 0 unspecified atom stereocenters. The Hall–Kier alpha value is -3.39. The zero-order valence-electron chi connectivity index (χ0n) is 28.8. The van der Waals surface area contributed by atoms with Gasteiger partial charge in [-0.1, -0.05) is 82.5 Å². The van der Waals surface area contributed by atoms with Gasteiger partial charge in [0.05, 0.1) is 41.9 Å². The van der Waals surface area contributed by atoms with Crippen LogP contribution >= 0.6 is 11.6 Å². The Morgan fingerprint density at radius 1 is 1.16 bits per heavy atom. The minimum Gasteiger partial charge on any atom is -0.495 e. The number of nitrogens with zero attached hydrogens (tertiary/aromatic N) is 3. The molecular weight excluding hydrogens is 584 g/mol. The van der Waals surface area contributed by atoms with Crippen molar-refractivity contribution >= 4 is 28.5 Å². The standard InChI is InChI=1S/C25H34ClN3O2.C9H17NO.C3H6/c1-7-12-19(24(26)22(8-2)31-6)25(30)28(16-15-18(4)5)17-23-27-20-13-10-11-14-21(20)29(23)9-3;1-4-9(3)8-10-6-7-11-5-2;1-3-2/h8,10-14,18H,2,7,9,15-17H2,1,3-6H3;4,10H,1,3,5-8H2,2H3;3H,1H2,2H3/b19-12+,24-22-;;. The van der Waals surface area contributed by atoms with Crippen molar-refractivity contribution in [2.24, 2.45) is 5.92 Å². The van der Waals surface area contributed by atoms with Gasteiger partial charge in [0.2, 0.25) is 0 Å². The number of fused-ring (bicyclic) bond motifs is 1. The Balaban J connectivity index is 0.00000116. The highest BCUT2D eigenvalue weighted by Gasteiger charge is 2.24. The molecule has 250 valence electrons. The van der Waals surface area contributed by atoms with E-state index in [1.54, 1.807) is 12.2 Å². The second-order valence-corrected chi connectivity index (χ2v) is 10.8. The highest BCUT2D eigenvalue weighted by atomic mass is 35.5. The lowest BCUT2D eigenvalue weighted by Crippen LogP contribution is -2.34. The predicted octanol–water partition coefficient (Wildman–Crippen LogP) is 8.60. The summed E-state index contributed by atoms with van der Waals surface area (Å²) in [6.45, 7) is 31.8. The molecule has 0 aliphatic heterocycles. The molecule has 2 aromatic rings. The number of carbonyl (C=O) groups excluding carboxylic acids is 1. The summed E-state index contributed by atoms with van der Waals surface area (Å²) in [5.41, 5.74) is 3.46. The van der Waals surface area contributed by atoms with Crippen LogP contribution in [0.5, 0.6) is 0 Å². The lowest BCUT2D eigenvalue weighted by molar-refractivity contribution is -0.127. The number of hydrogen-bond donors (Lipinski definition) is 1. The van der Waals surface area contributed by atoms with Crippen molar-refractivity contribution in [2.45, 2.75) is 67.5 Å². The highest BCUT2D eigenvalue weighted by molar-refractivity contribution is 6.35. The predicted molar refractivity (Wildman–Crippen MR) is 193 cm³/mol. The lowest BCUT2D eigenvalue weighted by Gasteiger charge is -2.25. The molecule has 1 N–H and O–H groups in total. The lowest BCUT2D eigenvalue weighted by atomic mass is 10.1. The van der Waals surface area contributed by atoms with Gasteiger partial charge in [0.15, 0.2) is 0 Å². The number of nitrogens with one attached hydrogen (secondary N) is 1. The van der Waals surface area contributed by atoms with E-state index in [1.807, 2.05) is 49.9 Å². The summed E-state index contributed by atoms with van der Waals surface area (Å²) in [5.74, 6) is 1.60. The van der Waals surface area contributed by atoms with Crippen LogP contribution in [-0.4, -0.2) is 60.3 Å². The molecule has 7 nitrogen and oxygen atoms in total. The normalized spacial score (nSPS) is 11.4. The van der Waals surface area contributed by atoms with Crippen LogP contribution in [-0.2, 0) is 27.4 Å². The van der Waals surface area contributed by atoms with Crippen molar-refractivity contribution in [1.29, 1.82) is 0 Å². The average Bonchev–Trinajstić information content (AvgIpc) is 3.39. The molecule has 1 aromatic heterocycles. The fourth-order valence-electron chi connectivity index (χ4n) is 4.09. The van der Waals surface area contributed by atoms with E-state index >= 15 is 0 Å². The molecule has 1 heterocycles. The highest BCUT2D eigenvalue weighted by Crippen LogP contribution is 2.25. The molecule has 45 heavy (non-hydrogen) atoms. The van der Waals surface area contributed by atoms with Gasteiger partial charge in [-0.3, -0.25) is 4.79 Å². The molecule has 0 aliphatic carbocycles. The van der Waals surface area contributed by atoms with Crippen LogP contribution in [0.1, 0.15) is 60.2 Å². The number of ether oxygens (including phenoxy) is 2. The van der Waals surface area contributed by atoms with Gasteiger partial charge < -0.3 is 24.3 Å². The maximum Gasteiger partial charge on any atom is 0.255 e. The number of halogens is 1. The molecule has 1 amide bonds. The summed E-state index contributed by atoms with van der Waals surface area (Å²) >= 11 is 6.57. The first-order valence-electron chi connectivity index (χ1n) is 15.8. The fraction of sp³-hybridized carbons (Fsp3) is 0.459. The number of allylic oxidation sites excluding steroid dienone is 3. The largest absolute Gasteiger partial charge is 0.495 e. The van der Waals surface area contributed by atoms with Gasteiger partial charge in [0.1, 0.15) is 11.6 Å². The maximum atomic E-state index is 13.7. The number of amides is 1. The van der Waals surface area contributed by atoms with E-state index in [4.69, 9.17) is 26.1 Å². The molecule has 1 aromatic carbocycles. The zero-order valence-corrected chi connectivity index (χ0v) is 29.6. The van der Waals surface area contributed by atoms with Crippen LogP contribution in [0.3, 0.4) is 0 Å². The van der Waals surface area contributed by atoms with E-state index in [0.29, 0.717) is 36.8 Å². The van der Waals surface area contributed by atoms with E-state index in [0.717, 1.165) is 61.7 Å². The minimum atomic E-state index is -0.126. The van der Waals surface area contributed by atoms with Crippen LogP contribution in [0, 0.1) is 5.92 Å². The summed E-state index contributed by atoms with van der Waals surface area (Å²) in [6, 6.07) is 8.06. The van der Waals surface area contributed by atoms with Gasteiger partial charge in [-0.15, -0.1) is 6.58 Å². The van der Waals surface area contributed by atoms with Gasteiger partial charge in [0.25, 0.3) is 5.91 Å². The summed E-state index contributed by atoms with van der Waals surface area (Å²) in [5, 5.41) is 3.46. The molecule has 0 aliphatic rings. The third-order valence-corrected chi connectivity index (χ3v) is 6.80. The number of methoxy groups -OCH3 is 1. The smallest absolute Gasteiger partial charge is 0.255 e. The van der Waals surface area contributed by atoms with Crippen molar-refractivity contribution in [3.05, 3.63) is 103 Å². The van der Waals surface area contributed by atoms with E-state index in [2.05, 4.69) is 63.0 Å². The SMILES string of the molecule is C=C/C(OC)=C(Cl)\C(=C/CC)C(=O)N(CCC(C)C)Cc1nc2ccccc2n1CC.C=CC.C=CC(=C)CNCCOCC. The summed E-state index contributed by atoms with van der Waals surface area (Å²) in [7, 11) is 1.52. The third kappa shape index (κ3) is 15.4. The molecule has 0 saturated carbocycles. The van der Waals surface area contributed by atoms with E-state index in [1.165, 1.54) is 13.2 Å². The minimum absolute atomic E-state index is 0.126. The number of aromatic nitrogens is 2. The number of carbonyl (C=O) groups is 1. The monoisotopic (exact) mass is 640 g/mol. The Morgan fingerprint density at radius 3 is 2.36 bits per heavy atom. The van der Waals surface area contributed by atoms with E-state index in [-0.39, 0.29) is 10.9 Å². The Morgan fingerprint density at radius 2 is 1.82 bits per heavy atom. The van der Waals surface area contributed by atoms with Crippen LogP contribution in [0.15, 0.2) is 96.8 Å². The van der Waals surface area contributed by atoms with E-state index < -0.39 is 0 Å². The van der Waals surface area contributed by atoms with Gasteiger partial charge in [-0.05, 0) is 63.3 Å². The van der Waals surface area contributed by atoms with Crippen molar-refractivity contribution in [3.63, 3.8) is 0 Å². The second kappa shape index (κ2) is 24.9. The number of hydrogen-bond acceptors (Lipinski definition) is 5. The van der Waals surface area contributed by atoms with Gasteiger partial charge in [-0.25, -0.2) is 4.98 Å². The summed E-state index contributed by atoms with van der Waals surface area (Å²) < 4.78 is 12.6. The molecule has 0 spiro atoms. The summed E-state index contributed by atoms with van der Waals surface area (Å²) in [6.07, 6.45) is 8.44. The number of rotatable bonds is 18. The van der Waals surface area contributed by atoms with Crippen molar-refractivity contribution in [3.8, 4) is 0 Å². The number of benzene rings is 1. The van der Waals surface area contributed by atoms with Crippen molar-refractivity contribution in [1.82, 2.24) is 19.8 Å². The van der Waals surface area contributed by atoms with Crippen LogP contribution in [0.25, 0.3) is 11.0 Å². The van der Waals surface area contributed by atoms with Gasteiger partial charge in [-0.2, -0.15) is 0 Å². The van der Waals surface area contributed by atoms with Crippen molar-refractivity contribution in [2.75, 3.05) is 40.0 Å². The Kier molecular flexibility index (Phi) is 23.0. The summed E-state index contributed by atoms with van der Waals surface area (Å²) in [4.78, 5) is 20.3. The fourth-order valence-corrected chi connectivity index (χ4v) is 4.40. The number of imidazole rings is 1. The zero-order chi connectivity index (χ0) is 34.2. The molecule has 0 bridgehead atoms. The van der Waals surface area contributed by atoms with Crippen LogP contribution in [0.4, 0.5) is 0 Å². The topological polar surface area (TPSA) is 68.6 Å². The molecule has 0 radical (unpaired) electrons.